The van der Waals surface area contributed by atoms with E-state index in [1.54, 1.807) is 24.0 Å². The number of nitrogens with zero attached hydrogens (tertiary/aromatic N) is 2. The van der Waals surface area contributed by atoms with Crippen molar-refractivity contribution in [1.29, 1.82) is 0 Å². The zero-order chi connectivity index (χ0) is 17.1. The molecule has 2 amide bonds. The number of benzene rings is 1. The molecule has 1 aromatic heterocycles. The average Bonchev–Trinajstić information content (AvgIpc) is 3.12. The van der Waals surface area contributed by atoms with E-state index < -0.39 is 0 Å². The van der Waals surface area contributed by atoms with Crippen molar-refractivity contribution in [3.05, 3.63) is 53.5 Å². The van der Waals surface area contributed by atoms with Crippen molar-refractivity contribution in [2.24, 2.45) is 0 Å². The fourth-order valence-electron chi connectivity index (χ4n) is 2.78. The second kappa shape index (κ2) is 6.82. The van der Waals surface area contributed by atoms with Gasteiger partial charge in [0.15, 0.2) is 12.1 Å². The van der Waals surface area contributed by atoms with Gasteiger partial charge in [0.2, 0.25) is 5.91 Å². The van der Waals surface area contributed by atoms with Crippen LogP contribution in [0.3, 0.4) is 0 Å². The Labute approximate surface area is 138 Å². The number of hydrogen-bond acceptors (Lipinski definition) is 4. The molecule has 1 aromatic carbocycles. The topological polar surface area (TPSA) is 75.4 Å². The number of nitrogens with one attached hydrogen (secondary N) is 1. The van der Waals surface area contributed by atoms with Gasteiger partial charge in [-0.3, -0.25) is 9.59 Å². The molecule has 0 unspecified atom stereocenters. The largest absolute Gasteiger partial charge is 0.448 e. The maximum absolute atomic E-state index is 12.9. The number of oxazole rings is 1. The molecule has 1 aliphatic rings. The molecule has 0 aliphatic carbocycles. The molecular formula is C17H18FN3O3. The van der Waals surface area contributed by atoms with Crippen LogP contribution in [0.15, 0.2) is 35.1 Å². The zero-order valence-electron chi connectivity index (χ0n) is 13.3. The highest BCUT2D eigenvalue weighted by Gasteiger charge is 2.31. The molecule has 0 saturated carbocycles. The van der Waals surface area contributed by atoms with Gasteiger partial charge in [0, 0.05) is 19.5 Å². The molecule has 2 aromatic rings. The maximum Gasteiger partial charge on any atom is 0.273 e. The van der Waals surface area contributed by atoms with Gasteiger partial charge in [-0.1, -0.05) is 12.1 Å². The molecule has 126 valence electrons. The zero-order valence-corrected chi connectivity index (χ0v) is 13.3. The first-order valence-electron chi connectivity index (χ1n) is 7.76. The van der Waals surface area contributed by atoms with Gasteiger partial charge in [-0.25, -0.2) is 9.37 Å². The molecule has 7 heteroatoms. The molecule has 6 nitrogen and oxygen atoms in total. The summed E-state index contributed by atoms with van der Waals surface area (Å²) in [4.78, 5) is 29.8. The Balaban J connectivity index is 1.53. The molecule has 1 fully saturated rings. The standard InChI is InChI=1S/C17H18FN3O3/c1-11-16(19-10-24-11)17(23)20-14-8-15(22)21(9-14)7-6-12-2-4-13(18)5-3-12/h2-5,10,14H,6-9H2,1H3,(H,20,23)/t14-/m0/s1. The third-order valence-electron chi connectivity index (χ3n) is 4.09. The van der Waals surface area contributed by atoms with E-state index in [-0.39, 0.29) is 35.8 Å². The normalized spacial score (nSPS) is 17.3. The lowest BCUT2D eigenvalue weighted by atomic mass is 10.1. The monoisotopic (exact) mass is 331 g/mol. The predicted octanol–water partition coefficient (Wildman–Crippen LogP) is 1.70. The van der Waals surface area contributed by atoms with Crippen molar-refractivity contribution < 1.29 is 18.4 Å². The molecule has 1 aliphatic heterocycles. The van der Waals surface area contributed by atoms with Crippen molar-refractivity contribution in [1.82, 2.24) is 15.2 Å². The smallest absolute Gasteiger partial charge is 0.273 e. The first-order valence-corrected chi connectivity index (χ1v) is 7.76. The number of rotatable bonds is 5. The minimum atomic E-state index is -0.334. The second-order valence-corrected chi connectivity index (χ2v) is 5.85. The number of carbonyl (C=O) groups is 2. The van der Waals surface area contributed by atoms with Gasteiger partial charge in [0.25, 0.3) is 5.91 Å². The third-order valence-corrected chi connectivity index (χ3v) is 4.09. The van der Waals surface area contributed by atoms with Gasteiger partial charge in [-0.2, -0.15) is 0 Å². The minimum Gasteiger partial charge on any atom is -0.448 e. The van der Waals surface area contributed by atoms with Gasteiger partial charge >= 0.3 is 0 Å². The Kier molecular flexibility index (Phi) is 4.59. The summed E-state index contributed by atoms with van der Waals surface area (Å²) in [5.74, 6) is -0.161. The van der Waals surface area contributed by atoms with Crippen LogP contribution < -0.4 is 5.32 Å². The number of amides is 2. The van der Waals surface area contributed by atoms with Gasteiger partial charge < -0.3 is 14.6 Å². The lowest BCUT2D eigenvalue weighted by Gasteiger charge is -2.17. The Morgan fingerprint density at radius 1 is 1.42 bits per heavy atom. The molecule has 1 N–H and O–H groups in total. The van der Waals surface area contributed by atoms with Crippen molar-refractivity contribution in [3.8, 4) is 0 Å². The van der Waals surface area contributed by atoms with E-state index in [0.717, 1.165) is 5.56 Å². The summed E-state index contributed by atoms with van der Waals surface area (Å²) in [6.45, 7) is 2.67. The molecule has 0 spiro atoms. The SMILES string of the molecule is Cc1ocnc1C(=O)N[C@H]1CC(=O)N(CCc2ccc(F)cc2)C1. The fourth-order valence-corrected chi connectivity index (χ4v) is 2.78. The molecule has 24 heavy (non-hydrogen) atoms. The molecule has 0 radical (unpaired) electrons. The Bertz CT molecular complexity index is 742. The van der Waals surface area contributed by atoms with Crippen LogP contribution in [-0.4, -0.2) is 40.8 Å². The first kappa shape index (κ1) is 16.2. The highest BCUT2D eigenvalue weighted by Crippen LogP contribution is 2.14. The van der Waals surface area contributed by atoms with E-state index in [4.69, 9.17) is 4.42 Å². The van der Waals surface area contributed by atoms with E-state index in [1.165, 1.54) is 18.5 Å². The summed E-state index contributed by atoms with van der Waals surface area (Å²) < 4.78 is 17.9. The van der Waals surface area contributed by atoms with Crippen LogP contribution in [0.1, 0.15) is 28.2 Å². The van der Waals surface area contributed by atoms with Crippen molar-refractivity contribution in [2.75, 3.05) is 13.1 Å². The van der Waals surface area contributed by atoms with Crippen LogP contribution in [0.4, 0.5) is 4.39 Å². The summed E-state index contributed by atoms with van der Waals surface area (Å²) in [6, 6.07) is 5.99. The number of aromatic nitrogens is 1. The summed E-state index contributed by atoms with van der Waals surface area (Å²) in [7, 11) is 0. The first-order chi connectivity index (χ1) is 11.5. The molecule has 0 bridgehead atoms. The van der Waals surface area contributed by atoms with Crippen LogP contribution in [0.25, 0.3) is 0 Å². The summed E-state index contributed by atoms with van der Waals surface area (Å²) >= 11 is 0. The predicted molar refractivity (Wildman–Crippen MR) is 83.8 cm³/mol. The van der Waals surface area contributed by atoms with Crippen LogP contribution >= 0.6 is 0 Å². The van der Waals surface area contributed by atoms with Gasteiger partial charge in [0.1, 0.15) is 11.6 Å². The third kappa shape index (κ3) is 3.61. The number of likely N-dealkylation sites (tertiary alicyclic amines) is 1. The van der Waals surface area contributed by atoms with Gasteiger partial charge in [-0.15, -0.1) is 0 Å². The number of aryl methyl sites for hydroxylation is 1. The molecule has 1 saturated heterocycles. The summed E-state index contributed by atoms with van der Waals surface area (Å²) in [6.07, 6.45) is 2.14. The molecular weight excluding hydrogens is 313 g/mol. The van der Waals surface area contributed by atoms with Crippen LogP contribution in [0.5, 0.6) is 0 Å². The highest BCUT2D eigenvalue weighted by molar-refractivity contribution is 5.94. The average molecular weight is 331 g/mol. The maximum atomic E-state index is 12.9. The molecule has 2 heterocycles. The van der Waals surface area contributed by atoms with E-state index >= 15 is 0 Å². The Hall–Kier alpha value is -2.70. The number of halogens is 1. The lowest BCUT2D eigenvalue weighted by Crippen LogP contribution is -2.37. The van der Waals surface area contributed by atoms with E-state index in [2.05, 4.69) is 10.3 Å². The van der Waals surface area contributed by atoms with Crippen LogP contribution in [-0.2, 0) is 11.2 Å². The Morgan fingerprint density at radius 2 is 2.17 bits per heavy atom. The quantitative estimate of drug-likeness (QED) is 0.905. The van der Waals surface area contributed by atoms with Crippen molar-refractivity contribution in [3.63, 3.8) is 0 Å². The lowest BCUT2D eigenvalue weighted by molar-refractivity contribution is -0.127. The highest BCUT2D eigenvalue weighted by atomic mass is 19.1. The van der Waals surface area contributed by atoms with Gasteiger partial charge in [-0.05, 0) is 31.0 Å². The molecule has 1 atom stereocenters. The van der Waals surface area contributed by atoms with Crippen LogP contribution in [0, 0.1) is 12.7 Å². The second-order valence-electron chi connectivity index (χ2n) is 5.85. The van der Waals surface area contributed by atoms with Crippen molar-refractivity contribution >= 4 is 11.8 Å². The number of hydrogen-bond donors (Lipinski definition) is 1. The minimum absolute atomic E-state index is 0.000661. The fraction of sp³-hybridized carbons (Fsp3) is 0.353. The number of carbonyl (C=O) groups excluding carboxylic acids is 2. The van der Waals surface area contributed by atoms with E-state index in [0.29, 0.717) is 25.3 Å². The van der Waals surface area contributed by atoms with Gasteiger partial charge in [0.05, 0.1) is 6.04 Å². The molecule has 3 rings (SSSR count). The summed E-state index contributed by atoms with van der Waals surface area (Å²) in [5, 5.41) is 2.81. The van der Waals surface area contributed by atoms with E-state index in [1.807, 2.05) is 0 Å². The van der Waals surface area contributed by atoms with E-state index in [9.17, 15) is 14.0 Å². The van der Waals surface area contributed by atoms with Crippen LogP contribution in [0.2, 0.25) is 0 Å². The summed E-state index contributed by atoms with van der Waals surface area (Å²) in [5.41, 5.74) is 1.21. The van der Waals surface area contributed by atoms with Crippen molar-refractivity contribution in [2.45, 2.75) is 25.8 Å². The Morgan fingerprint density at radius 3 is 2.83 bits per heavy atom.